The van der Waals surface area contributed by atoms with E-state index in [1.54, 1.807) is 0 Å². The maximum Gasteiger partial charge on any atom is 0.191 e. The van der Waals surface area contributed by atoms with Gasteiger partial charge in [-0.15, -0.1) is 24.0 Å². The first-order valence-corrected chi connectivity index (χ1v) is 10.1. The number of piperidine rings is 2. The molecule has 0 aromatic heterocycles. The van der Waals surface area contributed by atoms with Gasteiger partial charge in [-0.2, -0.15) is 0 Å². The van der Waals surface area contributed by atoms with Gasteiger partial charge in [0.2, 0.25) is 0 Å². The van der Waals surface area contributed by atoms with E-state index in [-0.39, 0.29) is 24.0 Å². The zero-order valence-electron chi connectivity index (χ0n) is 16.8. The molecule has 6 heteroatoms. The highest BCUT2D eigenvalue weighted by atomic mass is 127. The van der Waals surface area contributed by atoms with Crippen molar-refractivity contribution in [3.63, 3.8) is 0 Å². The number of rotatable bonds is 6. The molecular weight excluding hydrogens is 425 g/mol. The highest BCUT2D eigenvalue weighted by molar-refractivity contribution is 14.0. The van der Waals surface area contributed by atoms with Gasteiger partial charge in [0.05, 0.1) is 0 Å². The topological polar surface area (TPSA) is 42.9 Å². The molecule has 2 rings (SSSR count). The van der Waals surface area contributed by atoms with Crippen LogP contribution in [0.3, 0.4) is 0 Å². The Kier molecular flexibility index (Phi) is 11.3. The number of likely N-dealkylation sites (tertiary alicyclic amines) is 2. The predicted octanol–water partition coefficient (Wildman–Crippen LogP) is 2.76. The molecule has 0 amide bonds. The molecule has 2 saturated heterocycles. The van der Waals surface area contributed by atoms with Crippen LogP contribution in [-0.2, 0) is 0 Å². The Balaban J connectivity index is 0.00000312. The number of nitrogens with zero attached hydrogens (tertiary/aromatic N) is 3. The Morgan fingerprint density at radius 3 is 2.44 bits per heavy atom. The second kappa shape index (κ2) is 12.3. The molecule has 148 valence electrons. The highest BCUT2D eigenvalue weighted by Gasteiger charge is 2.23. The first-order chi connectivity index (χ1) is 11.6. The molecule has 2 fully saturated rings. The maximum absolute atomic E-state index is 4.45. The fourth-order valence-electron chi connectivity index (χ4n) is 4.09. The van der Waals surface area contributed by atoms with Crippen LogP contribution in [0.25, 0.3) is 0 Å². The van der Waals surface area contributed by atoms with Crippen LogP contribution >= 0.6 is 24.0 Å². The average molecular weight is 465 g/mol. The lowest BCUT2D eigenvalue weighted by molar-refractivity contribution is 0.157. The lowest BCUT2D eigenvalue weighted by atomic mass is 10.0. The molecular formula is C19H40IN5. The van der Waals surface area contributed by atoms with Crippen molar-refractivity contribution < 1.29 is 0 Å². The van der Waals surface area contributed by atoms with Gasteiger partial charge >= 0.3 is 0 Å². The first kappa shape index (κ1) is 23.0. The minimum absolute atomic E-state index is 0. The van der Waals surface area contributed by atoms with E-state index in [1.807, 2.05) is 7.05 Å². The van der Waals surface area contributed by atoms with Gasteiger partial charge in [-0.1, -0.05) is 27.2 Å². The molecule has 5 nitrogen and oxygen atoms in total. The van der Waals surface area contributed by atoms with Gasteiger partial charge in [-0.05, 0) is 44.7 Å². The Morgan fingerprint density at radius 2 is 1.84 bits per heavy atom. The largest absolute Gasteiger partial charge is 0.355 e. The lowest BCUT2D eigenvalue weighted by Gasteiger charge is -2.36. The van der Waals surface area contributed by atoms with Crippen LogP contribution in [0.15, 0.2) is 4.99 Å². The van der Waals surface area contributed by atoms with Crippen molar-refractivity contribution in [3.8, 4) is 0 Å². The van der Waals surface area contributed by atoms with Crippen molar-refractivity contribution in [2.75, 3.05) is 46.3 Å². The zero-order valence-corrected chi connectivity index (χ0v) is 19.1. The monoisotopic (exact) mass is 465 g/mol. The van der Waals surface area contributed by atoms with E-state index in [0.717, 1.165) is 25.0 Å². The molecule has 0 bridgehead atoms. The summed E-state index contributed by atoms with van der Waals surface area (Å²) < 4.78 is 0. The molecule has 0 aromatic rings. The number of likely N-dealkylation sites (N-methyl/N-ethyl adjacent to an activating group) is 1. The SMILES string of the molecule is CCN1CCCCC1CNC(=NC)NC1CCN(CC(C)C)CC1.I. The summed E-state index contributed by atoms with van der Waals surface area (Å²) in [6.07, 6.45) is 6.47. The Hall–Kier alpha value is -0.0800. The predicted molar refractivity (Wildman–Crippen MR) is 119 cm³/mol. The number of guanidine groups is 1. The molecule has 0 aromatic carbocycles. The van der Waals surface area contributed by atoms with E-state index in [2.05, 4.69) is 46.2 Å². The van der Waals surface area contributed by atoms with Crippen molar-refractivity contribution in [2.45, 2.75) is 65.0 Å². The van der Waals surface area contributed by atoms with Gasteiger partial charge in [0, 0.05) is 45.3 Å². The van der Waals surface area contributed by atoms with E-state index in [0.29, 0.717) is 12.1 Å². The quantitative estimate of drug-likeness (QED) is 0.360. The smallest absolute Gasteiger partial charge is 0.191 e. The van der Waals surface area contributed by atoms with E-state index in [1.165, 1.54) is 58.3 Å². The highest BCUT2D eigenvalue weighted by Crippen LogP contribution is 2.16. The third kappa shape index (κ3) is 7.99. The first-order valence-electron chi connectivity index (χ1n) is 10.1. The Bertz CT molecular complexity index is 380. The fraction of sp³-hybridized carbons (Fsp3) is 0.947. The van der Waals surface area contributed by atoms with Crippen LogP contribution in [0, 0.1) is 5.92 Å². The van der Waals surface area contributed by atoms with Crippen LogP contribution in [0.2, 0.25) is 0 Å². The molecule has 2 heterocycles. The van der Waals surface area contributed by atoms with Crippen molar-refractivity contribution in [1.82, 2.24) is 20.4 Å². The van der Waals surface area contributed by atoms with Gasteiger partial charge in [0.1, 0.15) is 0 Å². The van der Waals surface area contributed by atoms with Crippen LogP contribution in [0.5, 0.6) is 0 Å². The molecule has 0 aliphatic carbocycles. The second-order valence-electron chi connectivity index (χ2n) is 7.84. The molecule has 0 spiro atoms. The van der Waals surface area contributed by atoms with Gasteiger partial charge < -0.3 is 15.5 Å². The number of halogens is 1. The van der Waals surface area contributed by atoms with Crippen LogP contribution in [0.4, 0.5) is 0 Å². The lowest BCUT2D eigenvalue weighted by Crippen LogP contribution is -2.52. The second-order valence-corrected chi connectivity index (χ2v) is 7.84. The van der Waals surface area contributed by atoms with Gasteiger partial charge in [-0.3, -0.25) is 9.89 Å². The van der Waals surface area contributed by atoms with E-state index in [9.17, 15) is 0 Å². The van der Waals surface area contributed by atoms with E-state index in [4.69, 9.17) is 0 Å². The molecule has 25 heavy (non-hydrogen) atoms. The zero-order chi connectivity index (χ0) is 17.4. The molecule has 2 aliphatic rings. The molecule has 1 atom stereocenters. The normalized spacial score (nSPS) is 24.2. The van der Waals surface area contributed by atoms with E-state index < -0.39 is 0 Å². The van der Waals surface area contributed by atoms with Crippen LogP contribution in [0.1, 0.15) is 52.9 Å². The summed E-state index contributed by atoms with van der Waals surface area (Å²) in [7, 11) is 1.89. The molecule has 0 radical (unpaired) electrons. The minimum Gasteiger partial charge on any atom is -0.355 e. The molecule has 2 N–H and O–H groups in total. The standard InChI is InChI=1S/C19H39N5.HI/c1-5-24-11-7-6-8-18(24)14-21-19(20-4)22-17-9-12-23(13-10-17)15-16(2)3;/h16-18H,5-15H2,1-4H3,(H2,20,21,22);1H. The summed E-state index contributed by atoms with van der Waals surface area (Å²) in [5.41, 5.74) is 0. The summed E-state index contributed by atoms with van der Waals surface area (Å²) in [6.45, 7) is 14.0. The van der Waals surface area contributed by atoms with Crippen molar-refractivity contribution in [2.24, 2.45) is 10.9 Å². The molecule has 2 aliphatic heterocycles. The van der Waals surface area contributed by atoms with Crippen molar-refractivity contribution >= 4 is 29.9 Å². The molecule has 1 unspecified atom stereocenters. The summed E-state index contributed by atoms with van der Waals surface area (Å²) in [5, 5.41) is 7.22. The molecule has 0 saturated carbocycles. The third-order valence-electron chi connectivity index (χ3n) is 5.44. The number of aliphatic imine (C=N–C) groups is 1. The van der Waals surface area contributed by atoms with E-state index >= 15 is 0 Å². The third-order valence-corrected chi connectivity index (χ3v) is 5.44. The van der Waals surface area contributed by atoms with Gasteiger partial charge in [0.15, 0.2) is 5.96 Å². The number of nitrogens with one attached hydrogen (secondary N) is 2. The van der Waals surface area contributed by atoms with Gasteiger partial charge in [0.25, 0.3) is 0 Å². The van der Waals surface area contributed by atoms with Crippen LogP contribution in [-0.4, -0.2) is 74.2 Å². The van der Waals surface area contributed by atoms with Crippen molar-refractivity contribution in [1.29, 1.82) is 0 Å². The fourth-order valence-corrected chi connectivity index (χ4v) is 4.09. The minimum atomic E-state index is 0. The summed E-state index contributed by atoms with van der Waals surface area (Å²) in [6, 6.07) is 1.23. The summed E-state index contributed by atoms with van der Waals surface area (Å²) in [5.74, 6) is 1.75. The Labute approximate surface area is 172 Å². The number of hydrogen-bond donors (Lipinski definition) is 2. The summed E-state index contributed by atoms with van der Waals surface area (Å²) >= 11 is 0. The average Bonchev–Trinajstić information content (AvgIpc) is 2.59. The van der Waals surface area contributed by atoms with Gasteiger partial charge in [-0.25, -0.2) is 0 Å². The number of hydrogen-bond acceptors (Lipinski definition) is 3. The maximum atomic E-state index is 4.45. The van der Waals surface area contributed by atoms with Crippen molar-refractivity contribution in [3.05, 3.63) is 0 Å². The van der Waals surface area contributed by atoms with Crippen LogP contribution < -0.4 is 10.6 Å². The summed E-state index contributed by atoms with van der Waals surface area (Å²) in [4.78, 5) is 9.65. The Morgan fingerprint density at radius 1 is 1.12 bits per heavy atom.